The van der Waals surface area contributed by atoms with Crippen LogP contribution >= 0.6 is 0 Å². The molecule has 1 saturated carbocycles. The van der Waals surface area contributed by atoms with Gasteiger partial charge in [0.05, 0.1) is 6.54 Å². The molecule has 0 atom stereocenters. The van der Waals surface area contributed by atoms with Gasteiger partial charge in [-0.2, -0.15) is 0 Å². The quantitative estimate of drug-likeness (QED) is 0.533. The second-order valence-corrected chi connectivity index (χ2v) is 2.52. The van der Waals surface area contributed by atoms with E-state index >= 15 is 0 Å². The predicted molar refractivity (Wildman–Crippen MR) is 40.5 cm³/mol. The van der Waals surface area contributed by atoms with E-state index in [4.69, 9.17) is 5.11 Å². The normalized spacial score (nSPS) is 17.3. The zero-order valence-corrected chi connectivity index (χ0v) is 6.06. The molecule has 0 heterocycles. The first-order chi connectivity index (χ1) is 4.93. The maximum Gasteiger partial charge on any atom is 0.104 e. The lowest BCUT2D eigenvalue weighted by Crippen LogP contribution is -2.35. The smallest absolute Gasteiger partial charge is 0.104 e. The standard InChI is InChI=1S/C8H13NO/c10-7-2-1-6-9-8-4-3-5-8/h8-10H,3-7H2. The van der Waals surface area contributed by atoms with E-state index in [0.717, 1.165) is 6.54 Å². The molecule has 0 radical (unpaired) electrons. The lowest BCUT2D eigenvalue weighted by molar-refractivity contribution is 0.348. The molecule has 2 nitrogen and oxygen atoms in total. The Morgan fingerprint density at radius 3 is 2.70 bits per heavy atom. The molecule has 0 bridgehead atoms. The summed E-state index contributed by atoms with van der Waals surface area (Å²) in [5.74, 6) is 5.42. The molecular formula is C8H13NO. The highest BCUT2D eigenvalue weighted by atomic mass is 16.2. The van der Waals surface area contributed by atoms with Crippen molar-refractivity contribution < 1.29 is 5.11 Å². The fourth-order valence-corrected chi connectivity index (χ4v) is 0.926. The number of hydrogen-bond donors (Lipinski definition) is 2. The second kappa shape index (κ2) is 4.32. The van der Waals surface area contributed by atoms with Crippen molar-refractivity contribution in [1.29, 1.82) is 0 Å². The van der Waals surface area contributed by atoms with Crippen LogP contribution < -0.4 is 5.32 Å². The van der Waals surface area contributed by atoms with Crippen LogP contribution in [0.3, 0.4) is 0 Å². The van der Waals surface area contributed by atoms with Gasteiger partial charge in [-0.05, 0) is 12.8 Å². The Kier molecular flexibility index (Phi) is 3.28. The van der Waals surface area contributed by atoms with Gasteiger partial charge in [0.2, 0.25) is 0 Å². The summed E-state index contributed by atoms with van der Waals surface area (Å²) in [7, 11) is 0. The summed E-state index contributed by atoms with van der Waals surface area (Å²) in [5, 5.41) is 11.6. The summed E-state index contributed by atoms with van der Waals surface area (Å²) >= 11 is 0. The molecule has 0 unspecified atom stereocenters. The molecule has 0 spiro atoms. The molecule has 10 heavy (non-hydrogen) atoms. The Balaban J connectivity index is 1.94. The van der Waals surface area contributed by atoms with Crippen LogP contribution in [0.5, 0.6) is 0 Å². The average molecular weight is 139 g/mol. The van der Waals surface area contributed by atoms with Crippen LogP contribution in [0.1, 0.15) is 19.3 Å². The minimum atomic E-state index is -0.0215. The maximum atomic E-state index is 8.30. The van der Waals surface area contributed by atoms with Crippen LogP contribution in [0.2, 0.25) is 0 Å². The van der Waals surface area contributed by atoms with Crippen LogP contribution in [0.15, 0.2) is 0 Å². The summed E-state index contributed by atoms with van der Waals surface area (Å²) in [6, 6.07) is 0.702. The zero-order chi connectivity index (χ0) is 7.23. The lowest BCUT2D eigenvalue weighted by Gasteiger charge is -2.25. The van der Waals surface area contributed by atoms with E-state index in [1.807, 2.05) is 0 Å². The summed E-state index contributed by atoms with van der Waals surface area (Å²) < 4.78 is 0. The maximum absolute atomic E-state index is 8.30. The number of hydrogen-bond acceptors (Lipinski definition) is 2. The van der Waals surface area contributed by atoms with Gasteiger partial charge in [0, 0.05) is 6.04 Å². The predicted octanol–water partition coefficient (Wildman–Crippen LogP) is 0.124. The van der Waals surface area contributed by atoms with Gasteiger partial charge < -0.3 is 10.4 Å². The molecule has 1 fully saturated rings. The van der Waals surface area contributed by atoms with E-state index in [0.29, 0.717) is 6.04 Å². The van der Waals surface area contributed by atoms with E-state index in [2.05, 4.69) is 17.2 Å². The fraction of sp³-hybridized carbons (Fsp3) is 0.750. The summed E-state index contributed by atoms with van der Waals surface area (Å²) in [4.78, 5) is 0. The van der Waals surface area contributed by atoms with E-state index in [-0.39, 0.29) is 6.61 Å². The Bertz CT molecular complexity index is 141. The Labute approximate surface area is 61.6 Å². The van der Waals surface area contributed by atoms with Crippen molar-refractivity contribution in [3.63, 3.8) is 0 Å². The highest BCUT2D eigenvalue weighted by Gasteiger charge is 2.14. The van der Waals surface area contributed by atoms with Crippen molar-refractivity contribution in [2.24, 2.45) is 0 Å². The van der Waals surface area contributed by atoms with Crippen molar-refractivity contribution in [3.8, 4) is 11.8 Å². The zero-order valence-electron chi connectivity index (χ0n) is 6.06. The minimum Gasteiger partial charge on any atom is -0.384 e. The van der Waals surface area contributed by atoms with Crippen LogP contribution in [-0.2, 0) is 0 Å². The molecule has 0 aliphatic heterocycles. The third-order valence-corrected chi connectivity index (χ3v) is 1.79. The third kappa shape index (κ3) is 2.38. The highest BCUT2D eigenvalue weighted by Crippen LogP contribution is 2.17. The van der Waals surface area contributed by atoms with E-state index in [1.165, 1.54) is 19.3 Å². The van der Waals surface area contributed by atoms with Crippen LogP contribution in [0.4, 0.5) is 0 Å². The number of aliphatic hydroxyl groups excluding tert-OH is 1. The van der Waals surface area contributed by atoms with Crippen molar-refractivity contribution in [2.45, 2.75) is 25.3 Å². The minimum absolute atomic E-state index is 0.0215. The monoisotopic (exact) mass is 139 g/mol. The summed E-state index contributed by atoms with van der Waals surface area (Å²) in [5.41, 5.74) is 0. The second-order valence-electron chi connectivity index (χ2n) is 2.52. The first-order valence-corrected chi connectivity index (χ1v) is 3.73. The molecule has 0 aromatic rings. The fourth-order valence-electron chi connectivity index (χ4n) is 0.926. The van der Waals surface area contributed by atoms with Crippen molar-refractivity contribution in [1.82, 2.24) is 5.32 Å². The number of nitrogens with one attached hydrogen (secondary N) is 1. The molecule has 1 aliphatic carbocycles. The Hall–Kier alpha value is -0.520. The summed E-state index contributed by atoms with van der Waals surface area (Å²) in [6.07, 6.45) is 3.94. The van der Waals surface area contributed by atoms with Crippen LogP contribution in [0, 0.1) is 11.8 Å². The van der Waals surface area contributed by atoms with E-state index in [1.54, 1.807) is 0 Å². The molecule has 0 aromatic heterocycles. The van der Waals surface area contributed by atoms with Gasteiger partial charge in [-0.1, -0.05) is 18.3 Å². The molecule has 56 valence electrons. The van der Waals surface area contributed by atoms with E-state index < -0.39 is 0 Å². The molecule has 0 saturated heterocycles. The van der Waals surface area contributed by atoms with Gasteiger partial charge in [0.15, 0.2) is 0 Å². The van der Waals surface area contributed by atoms with Gasteiger partial charge in [-0.15, -0.1) is 0 Å². The van der Waals surface area contributed by atoms with Gasteiger partial charge in [-0.3, -0.25) is 0 Å². The van der Waals surface area contributed by atoms with Crippen LogP contribution in [-0.4, -0.2) is 24.3 Å². The molecule has 2 heteroatoms. The van der Waals surface area contributed by atoms with Crippen molar-refractivity contribution in [2.75, 3.05) is 13.2 Å². The number of rotatable bonds is 2. The summed E-state index contributed by atoms with van der Waals surface area (Å²) in [6.45, 7) is 0.706. The molecule has 2 N–H and O–H groups in total. The lowest BCUT2D eigenvalue weighted by atomic mass is 9.93. The van der Waals surface area contributed by atoms with Gasteiger partial charge in [0.25, 0.3) is 0 Å². The molecule has 0 amide bonds. The van der Waals surface area contributed by atoms with E-state index in [9.17, 15) is 0 Å². The SMILES string of the molecule is OCC#CCNC1CCC1. The van der Waals surface area contributed by atoms with Crippen LogP contribution in [0.25, 0.3) is 0 Å². The largest absolute Gasteiger partial charge is 0.384 e. The average Bonchev–Trinajstić information content (AvgIpc) is 1.84. The van der Waals surface area contributed by atoms with Gasteiger partial charge >= 0.3 is 0 Å². The molecular weight excluding hydrogens is 126 g/mol. The number of aliphatic hydroxyl groups is 1. The van der Waals surface area contributed by atoms with Gasteiger partial charge in [0.1, 0.15) is 6.61 Å². The third-order valence-electron chi connectivity index (χ3n) is 1.79. The first-order valence-electron chi connectivity index (χ1n) is 3.73. The topological polar surface area (TPSA) is 32.3 Å². The van der Waals surface area contributed by atoms with Crippen molar-refractivity contribution >= 4 is 0 Å². The molecule has 1 aliphatic rings. The molecule has 0 aromatic carbocycles. The Morgan fingerprint density at radius 2 is 2.20 bits per heavy atom. The van der Waals surface area contributed by atoms with Gasteiger partial charge in [-0.25, -0.2) is 0 Å². The molecule has 1 rings (SSSR count). The van der Waals surface area contributed by atoms with Crippen molar-refractivity contribution in [3.05, 3.63) is 0 Å². The highest BCUT2D eigenvalue weighted by molar-refractivity contribution is 5.01. The first kappa shape index (κ1) is 7.59. The Morgan fingerprint density at radius 1 is 1.40 bits per heavy atom.